The Labute approximate surface area is 82.2 Å². The van der Waals surface area contributed by atoms with Crippen molar-refractivity contribution >= 4 is 17.7 Å². The first kappa shape index (κ1) is 8.12. The molecule has 0 aromatic carbocycles. The fourth-order valence-corrected chi connectivity index (χ4v) is 4.22. The normalized spacial score (nSPS) is 48.5. The number of piperidine rings is 3. The quantitative estimate of drug-likeness (QED) is 0.606. The molecule has 1 N–H and O–H groups in total. The van der Waals surface area contributed by atoms with Crippen LogP contribution in [0.5, 0.6) is 0 Å². The van der Waals surface area contributed by atoms with Gasteiger partial charge in [-0.2, -0.15) is 0 Å². The zero-order valence-corrected chi connectivity index (χ0v) is 8.40. The number of carbonyl (C=O) groups is 1. The van der Waals surface area contributed by atoms with Gasteiger partial charge in [0.1, 0.15) is 4.87 Å². The molecule has 1 amide bonds. The van der Waals surface area contributed by atoms with E-state index in [0.29, 0.717) is 5.75 Å². The fraction of sp³-hybridized carbons (Fsp3) is 0.889. The highest BCUT2D eigenvalue weighted by Crippen LogP contribution is 2.45. The molecule has 13 heavy (non-hydrogen) atoms. The van der Waals surface area contributed by atoms with Gasteiger partial charge in [-0.15, -0.1) is 11.8 Å². The molecular formula is C9H14N2OS. The lowest BCUT2D eigenvalue weighted by Gasteiger charge is -2.50. The molecule has 4 fully saturated rings. The number of thioether (sulfide) groups is 1. The molecule has 4 saturated heterocycles. The van der Waals surface area contributed by atoms with Crippen molar-refractivity contribution in [2.45, 2.75) is 17.7 Å². The molecule has 0 saturated carbocycles. The maximum atomic E-state index is 11.2. The summed E-state index contributed by atoms with van der Waals surface area (Å²) in [6.07, 6.45) is 2.54. The Bertz CT molecular complexity index is 250. The first-order valence-electron chi connectivity index (χ1n) is 4.96. The van der Waals surface area contributed by atoms with E-state index in [1.54, 1.807) is 0 Å². The van der Waals surface area contributed by atoms with Gasteiger partial charge in [-0.05, 0) is 31.8 Å². The first-order chi connectivity index (χ1) is 6.28. The number of fused-ring (bicyclic) bond motifs is 2. The summed E-state index contributed by atoms with van der Waals surface area (Å²) in [5, 5.41) is 3.18. The van der Waals surface area contributed by atoms with E-state index in [2.05, 4.69) is 10.2 Å². The van der Waals surface area contributed by atoms with E-state index < -0.39 is 0 Å². The molecule has 1 unspecified atom stereocenters. The lowest BCUT2D eigenvalue weighted by atomic mass is 9.83. The molecular weight excluding hydrogens is 184 g/mol. The van der Waals surface area contributed by atoms with Crippen LogP contribution < -0.4 is 5.32 Å². The van der Waals surface area contributed by atoms with Gasteiger partial charge in [0.2, 0.25) is 5.91 Å². The van der Waals surface area contributed by atoms with Crippen molar-refractivity contribution in [2.24, 2.45) is 5.92 Å². The molecule has 2 bridgehead atoms. The Hall–Kier alpha value is -0.220. The summed E-state index contributed by atoms with van der Waals surface area (Å²) in [5.41, 5.74) is 0. The topological polar surface area (TPSA) is 32.3 Å². The Morgan fingerprint density at radius 2 is 2.23 bits per heavy atom. The van der Waals surface area contributed by atoms with E-state index >= 15 is 0 Å². The van der Waals surface area contributed by atoms with E-state index in [0.717, 1.165) is 12.5 Å². The van der Waals surface area contributed by atoms with Crippen molar-refractivity contribution in [3.05, 3.63) is 0 Å². The van der Waals surface area contributed by atoms with E-state index in [4.69, 9.17) is 0 Å². The van der Waals surface area contributed by atoms with Crippen LogP contribution in [0.25, 0.3) is 0 Å². The number of carbonyl (C=O) groups excluding carboxylic acids is 1. The van der Waals surface area contributed by atoms with Gasteiger partial charge in [-0.25, -0.2) is 0 Å². The van der Waals surface area contributed by atoms with E-state index in [-0.39, 0.29) is 10.8 Å². The van der Waals surface area contributed by atoms with Crippen LogP contribution in [0.2, 0.25) is 0 Å². The van der Waals surface area contributed by atoms with E-state index in [1.165, 1.54) is 25.9 Å². The summed E-state index contributed by atoms with van der Waals surface area (Å²) in [6.45, 7) is 3.56. The second-order valence-electron chi connectivity index (χ2n) is 4.28. The molecule has 0 aromatic rings. The zero-order valence-electron chi connectivity index (χ0n) is 7.58. The number of nitrogens with zero attached hydrogens (tertiary/aromatic N) is 1. The number of nitrogens with one attached hydrogen (secondary N) is 1. The van der Waals surface area contributed by atoms with Gasteiger partial charge >= 0.3 is 0 Å². The predicted molar refractivity (Wildman–Crippen MR) is 52.5 cm³/mol. The van der Waals surface area contributed by atoms with Gasteiger partial charge in [-0.3, -0.25) is 4.79 Å². The van der Waals surface area contributed by atoms with E-state index in [9.17, 15) is 4.79 Å². The Balaban J connectivity index is 1.87. The molecule has 4 heteroatoms. The smallest absolute Gasteiger partial charge is 0.231 e. The minimum absolute atomic E-state index is 0.105. The maximum Gasteiger partial charge on any atom is 0.231 e. The van der Waals surface area contributed by atoms with Gasteiger partial charge in [0.25, 0.3) is 0 Å². The molecule has 4 rings (SSSR count). The Morgan fingerprint density at radius 1 is 1.46 bits per heavy atom. The predicted octanol–water partition coefficient (Wildman–Crippen LogP) is 0.271. The minimum Gasteiger partial charge on any atom is -0.339 e. The average Bonchev–Trinajstić information content (AvgIpc) is 2.49. The highest BCUT2D eigenvalue weighted by molar-refractivity contribution is 8.01. The lowest BCUT2D eigenvalue weighted by Crippen LogP contribution is -2.62. The summed E-state index contributed by atoms with van der Waals surface area (Å²) in [4.78, 5) is 13.8. The molecule has 1 spiro atoms. The third-order valence-electron chi connectivity index (χ3n) is 3.52. The summed E-state index contributed by atoms with van der Waals surface area (Å²) >= 11 is 1.83. The summed E-state index contributed by atoms with van der Waals surface area (Å²) in [7, 11) is 0. The van der Waals surface area contributed by atoms with Crippen molar-refractivity contribution in [3.8, 4) is 0 Å². The standard InChI is InChI=1S/C9H14N2OS/c12-8-5-13-9(10-8)6-11-3-1-7(9)2-4-11/h7H,1-6H2,(H,10,12). The van der Waals surface area contributed by atoms with Crippen molar-refractivity contribution in [3.63, 3.8) is 0 Å². The first-order valence-corrected chi connectivity index (χ1v) is 5.94. The third kappa shape index (κ3) is 1.12. The van der Waals surface area contributed by atoms with Gasteiger partial charge in [0.15, 0.2) is 0 Å². The SMILES string of the molecule is O=C1CSC2(CN3CCC2CC3)N1. The van der Waals surface area contributed by atoms with Crippen LogP contribution >= 0.6 is 11.8 Å². The Kier molecular flexibility index (Phi) is 1.65. The van der Waals surface area contributed by atoms with Crippen LogP contribution in [-0.2, 0) is 4.79 Å². The number of hydrogen-bond acceptors (Lipinski definition) is 3. The van der Waals surface area contributed by atoms with Gasteiger partial charge in [-0.1, -0.05) is 0 Å². The van der Waals surface area contributed by atoms with Crippen LogP contribution in [-0.4, -0.2) is 41.1 Å². The van der Waals surface area contributed by atoms with E-state index in [1.807, 2.05) is 11.8 Å². The van der Waals surface area contributed by atoms with Crippen molar-refractivity contribution in [1.29, 1.82) is 0 Å². The molecule has 0 radical (unpaired) electrons. The van der Waals surface area contributed by atoms with Crippen molar-refractivity contribution in [2.75, 3.05) is 25.4 Å². The molecule has 1 atom stereocenters. The molecule has 0 aromatic heterocycles. The molecule has 3 nitrogen and oxygen atoms in total. The highest BCUT2D eigenvalue weighted by Gasteiger charge is 2.50. The molecule has 0 aliphatic carbocycles. The second kappa shape index (κ2) is 2.64. The van der Waals surface area contributed by atoms with Crippen LogP contribution in [0.15, 0.2) is 0 Å². The number of amides is 1. The average molecular weight is 198 g/mol. The van der Waals surface area contributed by atoms with Crippen molar-refractivity contribution < 1.29 is 4.79 Å². The lowest BCUT2D eigenvalue weighted by molar-refractivity contribution is -0.120. The van der Waals surface area contributed by atoms with Crippen LogP contribution in [0.3, 0.4) is 0 Å². The Morgan fingerprint density at radius 3 is 2.69 bits per heavy atom. The number of rotatable bonds is 0. The zero-order chi connectivity index (χ0) is 8.89. The molecule has 4 aliphatic rings. The van der Waals surface area contributed by atoms with Crippen LogP contribution in [0.4, 0.5) is 0 Å². The largest absolute Gasteiger partial charge is 0.339 e. The maximum absolute atomic E-state index is 11.2. The summed E-state index contributed by atoms with van der Waals surface area (Å²) in [5.74, 6) is 1.64. The fourth-order valence-electron chi connectivity index (χ4n) is 2.83. The van der Waals surface area contributed by atoms with Gasteiger partial charge in [0.05, 0.1) is 5.75 Å². The highest BCUT2D eigenvalue weighted by atomic mass is 32.2. The van der Waals surface area contributed by atoms with Crippen LogP contribution in [0, 0.1) is 5.92 Å². The summed E-state index contributed by atoms with van der Waals surface area (Å²) in [6, 6.07) is 0. The second-order valence-corrected chi connectivity index (χ2v) is 5.58. The molecule has 4 aliphatic heterocycles. The molecule has 72 valence electrons. The van der Waals surface area contributed by atoms with Crippen molar-refractivity contribution in [1.82, 2.24) is 10.2 Å². The monoisotopic (exact) mass is 198 g/mol. The van der Waals surface area contributed by atoms with Gasteiger partial charge in [0, 0.05) is 6.54 Å². The van der Waals surface area contributed by atoms with Gasteiger partial charge < -0.3 is 10.2 Å². The third-order valence-corrected chi connectivity index (χ3v) is 5.00. The van der Waals surface area contributed by atoms with Crippen LogP contribution in [0.1, 0.15) is 12.8 Å². The molecule has 4 heterocycles. The minimum atomic E-state index is 0.105. The number of hydrogen-bond donors (Lipinski definition) is 1. The summed E-state index contributed by atoms with van der Waals surface area (Å²) < 4.78 is 0.